The van der Waals surface area contributed by atoms with Crippen LogP contribution in [0.5, 0.6) is 0 Å². The second kappa shape index (κ2) is 8.24. The number of nitrogens with zero attached hydrogens (tertiary/aromatic N) is 5. The van der Waals surface area contributed by atoms with Gasteiger partial charge in [0.15, 0.2) is 5.82 Å². The largest absolute Gasteiger partial charge is 0.384 e. The zero-order chi connectivity index (χ0) is 17.8. The second-order valence-electron chi connectivity index (χ2n) is 7.39. The summed E-state index contributed by atoms with van der Waals surface area (Å²) in [5, 5.41) is 4.06. The molecule has 140 valence electrons. The van der Waals surface area contributed by atoms with Gasteiger partial charge in [0.2, 0.25) is 5.89 Å². The van der Waals surface area contributed by atoms with E-state index in [2.05, 4.69) is 37.1 Å². The SMILES string of the molecule is COCCc1noc(CN2C[C@H]3CC[C@@H](C2)N(Cc2ccccn2)C3)n1. The van der Waals surface area contributed by atoms with Crippen molar-refractivity contribution in [3.05, 3.63) is 41.8 Å². The number of fused-ring (bicyclic) bond motifs is 4. The number of ether oxygens (including phenoxy) is 1. The Labute approximate surface area is 154 Å². The summed E-state index contributed by atoms with van der Waals surface area (Å²) in [7, 11) is 1.69. The number of rotatable bonds is 7. The Morgan fingerprint density at radius 1 is 1.19 bits per heavy atom. The van der Waals surface area contributed by atoms with Crippen LogP contribution in [-0.2, 0) is 24.2 Å². The number of pyridine rings is 1. The summed E-state index contributed by atoms with van der Waals surface area (Å²) < 4.78 is 10.5. The maximum atomic E-state index is 5.44. The Balaban J connectivity index is 1.37. The van der Waals surface area contributed by atoms with Crippen LogP contribution in [0.2, 0.25) is 0 Å². The molecule has 0 radical (unpaired) electrons. The molecule has 2 aromatic rings. The zero-order valence-corrected chi connectivity index (χ0v) is 15.4. The fourth-order valence-corrected chi connectivity index (χ4v) is 4.14. The van der Waals surface area contributed by atoms with Crippen molar-refractivity contribution in [3.63, 3.8) is 0 Å². The first-order valence-electron chi connectivity index (χ1n) is 9.47. The lowest BCUT2D eigenvalue weighted by molar-refractivity contribution is 0.121. The van der Waals surface area contributed by atoms with Crippen LogP contribution in [0.15, 0.2) is 28.9 Å². The molecule has 2 atom stereocenters. The van der Waals surface area contributed by atoms with Crippen LogP contribution in [0.4, 0.5) is 0 Å². The fraction of sp³-hybridized carbons (Fsp3) is 0.632. The molecule has 5 rings (SSSR count). The van der Waals surface area contributed by atoms with Crippen molar-refractivity contribution in [1.82, 2.24) is 24.9 Å². The lowest BCUT2D eigenvalue weighted by Crippen LogP contribution is -2.43. The molecule has 5 heterocycles. The lowest BCUT2D eigenvalue weighted by Gasteiger charge is -2.35. The summed E-state index contributed by atoms with van der Waals surface area (Å²) >= 11 is 0. The minimum atomic E-state index is 0.576. The van der Waals surface area contributed by atoms with Gasteiger partial charge in [-0.15, -0.1) is 0 Å². The minimum absolute atomic E-state index is 0.576. The monoisotopic (exact) mass is 357 g/mol. The Hall–Kier alpha value is -1.83. The normalized spacial score (nSPS) is 24.0. The summed E-state index contributed by atoms with van der Waals surface area (Å²) in [5.74, 6) is 2.15. The van der Waals surface area contributed by atoms with E-state index in [1.807, 2.05) is 12.3 Å². The van der Waals surface area contributed by atoms with E-state index >= 15 is 0 Å². The van der Waals surface area contributed by atoms with E-state index in [9.17, 15) is 0 Å². The molecule has 0 aromatic carbocycles. The maximum absolute atomic E-state index is 5.44. The van der Waals surface area contributed by atoms with E-state index in [-0.39, 0.29) is 0 Å². The van der Waals surface area contributed by atoms with E-state index in [0.29, 0.717) is 30.9 Å². The molecule has 26 heavy (non-hydrogen) atoms. The summed E-state index contributed by atoms with van der Waals surface area (Å²) in [6, 6.07) is 6.75. The average molecular weight is 357 g/mol. The number of piperidine rings is 1. The van der Waals surface area contributed by atoms with Crippen LogP contribution in [0.1, 0.15) is 30.3 Å². The van der Waals surface area contributed by atoms with Gasteiger partial charge in [0.25, 0.3) is 0 Å². The third-order valence-electron chi connectivity index (χ3n) is 5.39. The molecule has 3 fully saturated rings. The molecule has 0 unspecified atom stereocenters. The highest BCUT2D eigenvalue weighted by Gasteiger charge is 2.35. The van der Waals surface area contributed by atoms with Gasteiger partial charge in [0.1, 0.15) is 0 Å². The number of methoxy groups -OCH3 is 1. The molecule has 2 aromatic heterocycles. The smallest absolute Gasteiger partial charge is 0.240 e. The highest BCUT2D eigenvalue weighted by molar-refractivity contribution is 5.04. The molecule has 2 bridgehead atoms. The molecule has 3 aliphatic rings. The van der Waals surface area contributed by atoms with Gasteiger partial charge in [-0.2, -0.15) is 4.98 Å². The molecular weight excluding hydrogens is 330 g/mol. The van der Waals surface area contributed by atoms with Gasteiger partial charge < -0.3 is 9.26 Å². The fourth-order valence-electron chi connectivity index (χ4n) is 4.14. The molecular formula is C19H27N5O2. The molecule has 0 spiro atoms. The molecule has 3 saturated heterocycles. The highest BCUT2D eigenvalue weighted by atomic mass is 16.5. The third-order valence-corrected chi connectivity index (χ3v) is 5.39. The zero-order valence-electron chi connectivity index (χ0n) is 15.4. The molecule has 0 N–H and O–H groups in total. The van der Waals surface area contributed by atoms with Crippen molar-refractivity contribution in [3.8, 4) is 0 Å². The van der Waals surface area contributed by atoms with Crippen molar-refractivity contribution < 1.29 is 9.26 Å². The van der Waals surface area contributed by atoms with Crippen molar-refractivity contribution in [2.24, 2.45) is 5.92 Å². The predicted octanol–water partition coefficient (Wildman–Crippen LogP) is 1.75. The van der Waals surface area contributed by atoms with Crippen molar-refractivity contribution >= 4 is 0 Å². The highest BCUT2D eigenvalue weighted by Crippen LogP contribution is 2.29. The van der Waals surface area contributed by atoms with E-state index in [1.54, 1.807) is 7.11 Å². The number of hydrogen-bond acceptors (Lipinski definition) is 7. The predicted molar refractivity (Wildman–Crippen MR) is 96.3 cm³/mol. The quantitative estimate of drug-likeness (QED) is 0.748. The summed E-state index contributed by atoms with van der Waals surface area (Å²) in [5.41, 5.74) is 1.16. The van der Waals surface area contributed by atoms with Crippen molar-refractivity contribution in [1.29, 1.82) is 0 Å². The van der Waals surface area contributed by atoms with Gasteiger partial charge in [-0.3, -0.25) is 14.8 Å². The van der Waals surface area contributed by atoms with Gasteiger partial charge in [0, 0.05) is 51.9 Å². The van der Waals surface area contributed by atoms with Crippen molar-refractivity contribution in [2.45, 2.75) is 38.4 Å². The topological polar surface area (TPSA) is 67.5 Å². The third kappa shape index (κ3) is 4.28. The molecule has 0 aliphatic carbocycles. The Bertz CT molecular complexity index is 692. The summed E-state index contributed by atoms with van der Waals surface area (Å²) in [4.78, 5) is 14.1. The minimum Gasteiger partial charge on any atom is -0.384 e. The first-order valence-corrected chi connectivity index (χ1v) is 9.47. The van der Waals surface area contributed by atoms with E-state index in [0.717, 1.165) is 44.2 Å². The van der Waals surface area contributed by atoms with Crippen molar-refractivity contribution in [2.75, 3.05) is 33.4 Å². The molecule has 7 heteroatoms. The van der Waals surface area contributed by atoms with Crippen LogP contribution >= 0.6 is 0 Å². The second-order valence-corrected chi connectivity index (χ2v) is 7.39. The van der Waals surface area contributed by atoms with Crippen LogP contribution in [-0.4, -0.2) is 64.3 Å². The Kier molecular flexibility index (Phi) is 5.57. The first kappa shape index (κ1) is 17.6. The Morgan fingerprint density at radius 2 is 2.15 bits per heavy atom. The van der Waals surface area contributed by atoms with Crippen LogP contribution in [0, 0.1) is 5.92 Å². The maximum Gasteiger partial charge on any atom is 0.240 e. The van der Waals surface area contributed by atoms with Gasteiger partial charge in [-0.25, -0.2) is 0 Å². The number of aromatic nitrogens is 3. The Morgan fingerprint density at radius 3 is 3.00 bits per heavy atom. The molecule has 3 aliphatic heterocycles. The molecule has 0 saturated carbocycles. The average Bonchev–Trinajstić information content (AvgIpc) is 2.92. The summed E-state index contributed by atoms with van der Waals surface area (Å²) in [6.07, 6.45) is 5.15. The molecule has 7 nitrogen and oxygen atoms in total. The molecule has 0 amide bonds. The lowest BCUT2D eigenvalue weighted by atomic mass is 9.95. The first-order chi connectivity index (χ1) is 12.8. The standard InChI is InChI=1S/C19H27N5O2/c1-25-9-7-18-21-19(26-22-18)14-23-10-15-5-6-17(13-23)24(11-15)12-16-4-2-3-8-20-16/h2-4,8,15,17H,5-7,9-14H2,1H3/t15-,17+/m1/s1. The summed E-state index contributed by atoms with van der Waals surface area (Å²) in [6.45, 7) is 5.61. The van der Waals surface area contributed by atoms with Crippen LogP contribution in [0.25, 0.3) is 0 Å². The van der Waals surface area contributed by atoms with E-state index in [1.165, 1.54) is 12.8 Å². The van der Waals surface area contributed by atoms with Gasteiger partial charge in [-0.05, 0) is 30.9 Å². The van der Waals surface area contributed by atoms with E-state index < -0.39 is 0 Å². The van der Waals surface area contributed by atoms with Gasteiger partial charge >= 0.3 is 0 Å². The number of hydrogen-bond donors (Lipinski definition) is 0. The van der Waals surface area contributed by atoms with Crippen LogP contribution < -0.4 is 0 Å². The van der Waals surface area contributed by atoms with Gasteiger partial charge in [0.05, 0.1) is 18.8 Å². The van der Waals surface area contributed by atoms with Crippen LogP contribution in [0.3, 0.4) is 0 Å². The van der Waals surface area contributed by atoms with Gasteiger partial charge in [-0.1, -0.05) is 11.2 Å². The van der Waals surface area contributed by atoms with E-state index in [4.69, 9.17) is 9.26 Å².